The smallest absolute Gasteiger partial charge is 0.199 e. The Kier molecular flexibility index (Phi) is 4.55. The fraction of sp³-hybridized carbons (Fsp3) is 1.00. The van der Waals surface area contributed by atoms with Crippen LogP contribution in [0, 0.1) is 5.92 Å². The lowest BCUT2D eigenvalue weighted by Crippen LogP contribution is -2.34. The molecule has 104 valence electrons. The van der Waals surface area contributed by atoms with E-state index in [4.69, 9.17) is 9.47 Å². The monoisotopic (exact) mass is 253 g/mol. The molecular weight excluding hydrogens is 226 g/mol. The summed E-state index contributed by atoms with van der Waals surface area (Å²) >= 11 is 0. The van der Waals surface area contributed by atoms with E-state index in [2.05, 4.69) is 5.32 Å². The van der Waals surface area contributed by atoms with Gasteiger partial charge in [-0.2, -0.15) is 0 Å². The van der Waals surface area contributed by atoms with Gasteiger partial charge in [0.1, 0.15) is 0 Å². The molecular formula is C15H27NO2. The molecule has 2 unspecified atom stereocenters. The van der Waals surface area contributed by atoms with Crippen LogP contribution in [0.15, 0.2) is 0 Å². The van der Waals surface area contributed by atoms with Gasteiger partial charge in [0, 0.05) is 6.04 Å². The third-order valence-corrected chi connectivity index (χ3v) is 4.68. The summed E-state index contributed by atoms with van der Waals surface area (Å²) in [7, 11) is 0. The van der Waals surface area contributed by atoms with Crippen LogP contribution >= 0.6 is 0 Å². The third-order valence-electron chi connectivity index (χ3n) is 4.68. The van der Waals surface area contributed by atoms with Gasteiger partial charge in [0.05, 0.1) is 6.61 Å². The molecule has 3 nitrogen and oxygen atoms in total. The normalized spacial score (nSPS) is 34.7. The Morgan fingerprint density at radius 2 is 1.56 bits per heavy atom. The van der Waals surface area contributed by atoms with E-state index in [0.717, 1.165) is 12.5 Å². The van der Waals surface area contributed by atoms with Crippen LogP contribution in [0.1, 0.15) is 64.2 Å². The zero-order valence-electron chi connectivity index (χ0n) is 11.4. The first-order chi connectivity index (χ1) is 8.92. The van der Waals surface area contributed by atoms with Crippen molar-refractivity contribution in [3.8, 4) is 0 Å². The molecule has 3 fully saturated rings. The summed E-state index contributed by atoms with van der Waals surface area (Å²) in [6, 6.07) is 0.673. The minimum Gasteiger partial charge on any atom is -0.348 e. The maximum absolute atomic E-state index is 5.86. The highest BCUT2D eigenvalue weighted by Gasteiger charge is 2.41. The topological polar surface area (TPSA) is 33.8 Å². The second-order valence-corrected chi connectivity index (χ2v) is 6.26. The van der Waals surface area contributed by atoms with E-state index in [9.17, 15) is 0 Å². The van der Waals surface area contributed by atoms with Gasteiger partial charge in [-0.3, -0.25) is 5.32 Å². The number of epoxide rings is 1. The van der Waals surface area contributed by atoms with Crippen molar-refractivity contribution in [2.24, 2.45) is 5.92 Å². The van der Waals surface area contributed by atoms with Crippen molar-refractivity contribution in [3.63, 3.8) is 0 Å². The van der Waals surface area contributed by atoms with E-state index < -0.39 is 0 Å². The highest BCUT2D eigenvalue weighted by atomic mass is 16.8. The van der Waals surface area contributed by atoms with Crippen molar-refractivity contribution >= 4 is 0 Å². The summed E-state index contributed by atoms with van der Waals surface area (Å²) in [6.07, 6.45) is 13.9. The predicted molar refractivity (Wildman–Crippen MR) is 71.2 cm³/mol. The lowest BCUT2D eigenvalue weighted by atomic mass is 9.90. The van der Waals surface area contributed by atoms with Crippen LogP contribution in [-0.4, -0.2) is 25.2 Å². The van der Waals surface area contributed by atoms with E-state index in [1.165, 1.54) is 64.2 Å². The number of ether oxygens (including phenoxy) is 2. The Morgan fingerprint density at radius 1 is 0.889 bits per heavy atom. The predicted octanol–water partition coefficient (Wildman–Crippen LogP) is 3.19. The average Bonchev–Trinajstić information content (AvgIpc) is 3.17. The lowest BCUT2D eigenvalue weighted by molar-refractivity contribution is 0.0199. The van der Waals surface area contributed by atoms with E-state index in [0.29, 0.717) is 6.04 Å². The Hall–Kier alpha value is -0.120. The highest BCUT2D eigenvalue weighted by molar-refractivity contribution is 4.82. The Balaban J connectivity index is 1.29. The molecule has 0 aromatic heterocycles. The fourth-order valence-corrected chi connectivity index (χ4v) is 3.43. The van der Waals surface area contributed by atoms with E-state index in [-0.39, 0.29) is 12.5 Å². The molecule has 1 saturated heterocycles. The van der Waals surface area contributed by atoms with Gasteiger partial charge in [0.25, 0.3) is 0 Å². The van der Waals surface area contributed by atoms with Crippen molar-refractivity contribution in [3.05, 3.63) is 0 Å². The largest absolute Gasteiger partial charge is 0.348 e. The molecule has 0 radical (unpaired) electrons. The molecule has 1 heterocycles. The number of nitrogens with one attached hydrogen (secondary N) is 1. The first-order valence-corrected chi connectivity index (χ1v) is 7.95. The van der Waals surface area contributed by atoms with Crippen molar-refractivity contribution in [2.45, 2.75) is 82.8 Å². The van der Waals surface area contributed by atoms with Crippen LogP contribution in [0.4, 0.5) is 0 Å². The molecule has 3 rings (SSSR count). The molecule has 2 saturated carbocycles. The average molecular weight is 253 g/mol. The zero-order chi connectivity index (χ0) is 12.2. The molecule has 18 heavy (non-hydrogen) atoms. The quantitative estimate of drug-likeness (QED) is 0.764. The molecule has 0 spiro atoms. The Morgan fingerprint density at radius 3 is 2.28 bits per heavy atom. The molecule has 0 amide bonds. The van der Waals surface area contributed by atoms with Gasteiger partial charge < -0.3 is 9.47 Å². The zero-order valence-corrected chi connectivity index (χ0v) is 11.4. The maximum atomic E-state index is 5.86. The first kappa shape index (κ1) is 12.9. The van der Waals surface area contributed by atoms with Gasteiger partial charge in [-0.15, -0.1) is 0 Å². The Bertz CT molecular complexity index is 247. The fourth-order valence-electron chi connectivity index (χ4n) is 3.43. The molecule has 2 aliphatic carbocycles. The molecule has 0 aromatic rings. The third kappa shape index (κ3) is 3.69. The molecule has 1 N–H and O–H groups in total. The second-order valence-electron chi connectivity index (χ2n) is 6.26. The van der Waals surface area contributed by atoms with Gasteiger partial charge in [-0.1, -0.05) is 38.5 Å². The summed E-state index contributed by atoms with van der Waals surface area (Å²) in [4.78, 5) is 0. The summed E-state index contributed by atoms with van der Waals surface area (Å²) in [6.45, 7) is 0.910. The van der Waals surface area contributed by atoms with Crippen LogP contribution in [0.3, 0.4) is 0 Å². The van der Waals surface area contributed by atoms with Gasteiger partial charge >= 0.3 is 0 Å². The SMILES string of the molecule is C1CCC(COC2OC2NC2CCCCC2)CC1. The minimum absolute atomic E-state index is 0.0499. The highest BCUT2D eigenvalue weighted by Crippen LogP contribution is 2.28. The van der Waals surface area contributed by atoms with Crippen LogP contribution in [-0.2, 0) is 9.47 Å². The van der Waals surface area contributed by atoms with Gasteiger partial charge in [-0.25, -0.2) is 0 Å². The van der Waals surface area contributed by atoms with Crippen LogP contribution in [0.2, 0.25) is 0 Å². The molecule has 0 aromatic carbocycles. The molecule has 0 bridgehead atoms. The summed E-state index contributed by atoms with van der Waals surface area (Å²) in [5.74, 6) is 0.790. The number of hydrogen-bond donors (Lipinski definition) is 1. The van der Waals surface area contributed by atoms with Crippen LogP contribution in [0.5, 0.6) is 0 Å². The molecule has 1 aliphatic heterocycles. The molecule has 3 heteroatoms. The van der Waals surface area contributed by atoms with Crippen molar-refractivity contribution < 1.29 is 9.47 Å². The Labute approximate surface area is 111 Å². The van der Waals surface area contributed by atoms with Crippen LogP contribution < -0.4 is 5.32 Å². The molecule has 2 atom stereocenters. The summed E-state index contributed by atoms with van der Waals surface area (Å²) in [5.41, 5.74) is 0. The van der Waals surface area contributed by atoms with Gasteiger partial charge in [0.2, 0.25) is 0 Å². The number of rotatable bonds is 5. The van der Waals surface area contributed by atoms with Crippen LogP contribution in [0.25, 0.3) is 0 Å². The van der Waals surface area contributed by atoms with E-state index in [1.54, 1.807) is 0 Å². The summed E-state index contributed by atoms with van der Waals surface area (Å²) < 4.78 is 11.4. The van der Waals surface area contributed by atoms with E-state index in [1.807, 2.05) is 0 Å². The first-order valence-electron chi connectivity index (χ1n) is 7.95. The minimum atomic E-state index is 0.0499. The number of hydrogen-bond acceptors (Lipinski definition) is 3. The van der Waals surface area contributed by atoms with Gasteiger partial charge in [0.15, 0.2) is 12.5 Å². The van der Waals surface area contributed by atoms with E-state index >= 15 is 0 Å². The van der Waals surface area contributed by atoms with Crippen molar-refractivity contribution in [1.29, 1.82) is 0 Å². The van der Waals surface area contributed by atoms with Gasteiger partial charge in [-0.05, 0) is 31.6 Å². The lowest BCUT2D eigenvalue weighted by Gasteiger charge is -2.22. The molecule has 3 aliphatic rings. The standard InChI is InChI=1S/C15H27NO2/c1-3-7-12(8-4-1)11-17-15-14(18-15)16-13-9-5-2-6-10-13/h12-16H,1-11H2. The van der Waals surface area contributed by atoms with Crippen molar-refractivity contribution in [1.82, 2.24) is 5.32 Å². The maximum Gasteiger partial charge on any atom is 0.199 e. The van der Waals surface area contributed by atoms with Crippen molar-refractivity contribution in [2.75, 3.05) is 6.61 Å². The summed E-state index contributed by atoms with van der Waals surface area (Å²) in [5, 5.41) is 3.58. The second kappa shape index (κ2) is 6.36.